The molecule has 1 amide bonds. The van der Waals surface area contributed by atoms with Crippen LogP contribution in [0.25, 0.3) is 0 Å². The van der Waals surface area contributed by atoms with E-state index in [0.717, 1.165) is 23.3 Å². The van der Waals surface area contributed by atoms with E-state index >= 15 is 0 Å². The first-order chi connectivity index (χ1) is 10.2. The van der Waals surface area contributed by atoms with Crippen LogP contribution < -0.4 is 5.32 Å². The van der Waals surface area contributed by atoms with Crippen molar-refractivity contribution in [3.8, 4) is 0 Å². The Hall–Kier alpha value is -0.610. The van der Waals surface area contributed by atoms with E-state index in [-0.39, 0.29) is 5.91 Å². The molecule has 0 radical (unpaired) electrons. The molecule has 4 heteroatoms. The van der Waals surface area contributed by atoms with Gasteiger partial charge in [-0.25, -0.2) is 0 Å². The number of nitrogens with one attached hydrogen (secondary N) is 1. The highest BCUT2D eigenvalue weighted by atomic mass is 32.2. The van der Waals surface area contributed by atoms with Gasteiger partial charge in [-0.05, 0) is 31.9 Å². The molecule has 21 heavy (non-hydrogen) atoms. The first-order valence-electron chi connectivity index (χ1n) is 7.82. The molecule has 0 aromatic heterocycles. The number of carbonyl (C=O) groups excluding carboxylic acids is 1. The van der Waals surface area contributed by atoms with E-state index in [4.69, 9.17) is 0 Å². The number of rotatable bonds is 8. The van der Waals surface area contributed by atoms with Crippen molar-refractivity contribution in [3.63, 3.8) is 0 Å². The minimum atomic E-state index is 0.182. The van der Waals surface area contributed by atoms with Crippen molar-refractivity contribution in [1.29, 1.82) is 0 Å². The van der Waals surface area contributed by atoms with Crippen LogP contribution in [0.15, 0.2) is 29.2 Å². The molecule has 1 aliphatic carbocycles. The Morgan fingerprint density at radius 1 is 1.19 bits per heavy atom. The van der Waals surface area contributed by atoms with Gasteiger partial charge in [0, 0.05) is 34.6 Å². The third-order valence-electron chi connectivity index (χ3n) is 3.70. The van der Waals surface area contributed by atoms with Crippen molar-refractivity contribution in [2.75, 3.05) is 18.1 Å². The van der Waals surface area contributed by atoms with E-state index in [2.05, 4.69) is 36.5 Å². The molecule has 1 saturated carbocycles. The minimum Gasteiger partial charge on any atom is -0.355 e. The van der Waals surface area contributed by atoms with E-state index in [1.54, 1.807) is 11.8 Å². The predicted molar refractivity (Wildman–Crippen MR) is 94.2 cm³/mol. The maximum Gasteiger partial charge on any atom is 0.220 e. The molecule has 1 aliphatic rings. The van der Waals surface area contributed by atoms with E-state index in [9.17, 15) is 4.79 Å². The molecule has 0 heterocycles. The Bertz CT molecular complexity index is 427. The van der Waals surface area contributed by atoms with Crippen molar-refractivity contribution in [3.05, 3.63) is 29.8 Å². The van der Waals surface area contributed by atoms with Crippen molar-refractivity contribution < 1.29 is 4.79 Å². The number of amides is 1. The fourth-order valence-corrected chi connectivity index (χ4v) is 4.53. The Morgan fingerprint density at radius 3 is 2.62 bits per heavy atom. The fourth-order valence-electron chi connectivity index (χ4n) is 2.46. The molecule has 1 N–H and O–H groups in total. The van der Waals surface area contributed by atoms with Gasteiger partial charge >= 0.3 is 0 Å². The molecule has 0 atom stereocenters. The lowest BCUT2D eigenvalue weighted by atomic mass is 10.2. The van der Waals surface area contributed by atoms with E-state index in [1.807, 2.05) is 11.8 Å². The summed E-state index contributed by atoms with van der Waals surface area (Å²) in [5.41, 5.74) is 1.27. The summed E-state index contributed by atoms with van der Waals surface area (Å²) in [6, 6.07) is 8.47. The second kappa shape index (κ2) is 9.42. The Balaban J connectivity index is 1.50. The average Bonchev–Trinajstić information content (AvgIpc) is 2.99. The molecule has 0 spiro atoms. The zero-order valence-electron chi connectivity index (χ0n) is 12.8. The van der Waals surface area contributed by atoms with E-state index < -0.39 is 0 Å². The van der Waals surface area contributed by atoms with Crippen LogP contribution in [0.1, 0.15) is 37.7 Å². The molecule has 1 fully saturated rings. The van der Waals surface area contributed by atoms with Crippen LogP contribution in [0.5, 0.6) is 0 Å². The maximum atomic E-state index is 11.7. The summed E-state index contributed by atoms with van der Waals surface area (Å²) in [4.78, 5) is 13.0. The molecule has 2 nitrogen and oxygen atoms in total. The number of benzene rings is 1. The van der Waals surface area contributed by atoms with Gasteiger partial charge in [-0.3, -0.25) is 4.79 Å². The summed E-state index contributed by atoms with van der Waals surface area (Å²) >= 11 is 3.78. The van der Waals surface area contributed by atoms with Crippen molar-refractivity contribution >= 4 is 29.4 Å². The van der Waals surface area contributed by atoms with Crippen LogP contribution in [0.4, 0.5) is 0 Å². The van der Waals surface area contributed by atoms with Gasteiger partial charge in [-0.1, -0.05) is 30.5 Å². The van der Waals surface area contributed by atoms with Crippen molar-refractivity contribution in [1.82, 2.24) is 5.32 Å². The first-order valence-corrected chi connectivity index (χ1v) is 9.85. The summed E-state index contributed by atoms with van der Waals surface area (Å²) in [6.07, 6.45) is 6.12. The van der Waals surface area contributed by atoms with Crippen LogP contribution in [0.3, 0.4) is 0 Å². The van der Waals surface area contributed by atoms with Crippen LogP contribution in [-0.2, 0) is 4.79 Å². The molecule has 0 aliphatic heterocycles. The molecular formula is C17H25NOS2. The molecule has 1 aromatic carbocycles. The highest BCUT2D eigenvalue weighted by molar-refractivity contribution is 8.00. The van der Waals surface area contributed by atoms with Crippen LogP contribution in [0, 0.1) is 6.92 Å². The lowest BCUT2D eigenvalue weighted by Gasteiger charge is -2.09. The number of carbonyl (C=O) groups is 1. The highest BCUT2D eigenvalue weighted by Gasteiger charge is 2.14. The van der Waals surface area contributed by atoms with Crippen LogP contribution in [0.2, 0.25) is 0 Å². The SMILES string of the molecule is Cc1ccc(SCCC(=O)NCCSC2CCCC2)cc1. The van der Waals surface area contributed by atoms with Crippen molar-refractivity contribution in [2.45, 2.75) is 49.2 Å². The van der Waals surface area contributed by atoms with Gasteiger partial charge in [0.15, 0.2) is 0 Å². The highest BCUT2D eigenvalue weighted by Crippen LogP contribution is 2.28. The van der Waals surface area contributed by atoms with Crippen molar-refractivity contribution in [2.24, 2.45) is 0 Å². The van der Waals surface area contributed by atoms with Gasteiger partial charge < -0.3 is 5.32 Å². The molecule has 1 aromatic rings. The topological polar surface area (TPSA) is 29.1 Å². The Morgan fingerprint density at radius 2 is 1.90 bits per heavy atom. The molecular weight excluding hydrogens is 298 g/mol. The van der Waals surface area contributed by atoms with Gasteiger partial charge in [0.25, 0.3) is 0 Å². The third-order valence-corrected chi connectivity index (χ3v) is 6.10. The van der Waals surface area contributed by atoms with Crippen LogP contribution >= 0.6 is 23.5 Å². The summed E-state index contributed by atoms with van der Waals surface area (Å²) in [5, 5.41) is 3.88. The zero-order chi connectivity index (χ0) is 14.9. The van der Waals surface area contributed by atoms with Crippen LogP contribution in [-0.4, -0.2) is 29.2 Å². The summed E-state index contributed by atoms with van der Waals surface area (Å²) in [6.45, 7) is 2.90. The fraction of sp³-hybridized carbons (Fsp3) is 0.588. The molecule has 0 bridgehead atoms. The lowest BCUT2D eigenvalue weighted by molar-refractivity contribution is -0.120. The minimum absolute atomic E-state index is 0.182. The third kappa shape index (κ3) is 6.79. The lowest BCUT2D eigenvalue weighted by Crippen LogP contribution is -2.26. The van der Waals surface area contributed by atoms with E-state index in [1.165, 1.54) is 36.1 Å². The Labute approximate surface area is 136 Å². The Kier molecular flexibility index (Phi) is 7.51. The van der Waals surface area contributed by atoms with Gasteiger partial charge in [0.05, 0.1) is 0 Å². The second-order valence-corrected chi connectivity index (χ2v) is 8.12. The quantitative estimate of drug-likeness (QED) is 0.572. The molecule has 116 valence electrons. The number of aryl methyl sites for hydroxylation is 1. The largest absolute Gasteiger partial charge is 0.355 e. The maximum absolute atomic E-state index is 11.7. The smallest absolute Gasteiger partial charge is 0.220 e. The summed E-state index contributed by atoms with van der Waals surface area (Å²) in [5.74, 6) is 2.09. The van der Waals surface area contributed by atoms with E-state index in [0.29, 0.717) is 6.42 Å². The predicted octanol–water partition coefficient (Wildman–Crippen LogP) is 4.27. The number of hydrogen-bond donors (Lipinski definition) is 1. The summed E-state index contributed by atoms with van der Waals surface area (Å²) < 4.78 is 0. The monoisotopic (exact) mass is 323 g/mol. The van der Waals surface area contributed by atoms with Gasteiger partial charge in [0.2, 0.25) is 5.91 Å². The van der Waals surface area contributed by atoms with Gasteiger partial charge in [0.1, 0.15) is 0 Å². The molecule has 0 saturated heterocycles. The average molecular weight is 324 g/mol. The molecule has 2 rings (SSSR count). The summed E-state index contributed by atoms with van der Waals surface area (Å²) in [7, 11) is 0. The standard InChI is InChI=1S/C17H25NOS2/c1-14-6-8-16(9-7-14)20-12-10-17(19)18-11-13-21-15-4-2-3-5-15/h6-9,15H,2-5,10-13H2,1H3,(H,18,19). The first kappa shape index (κ1) is 16.8. The normalized spacial score (nSPS) is 15.3. The zero-order valence-corrected chi connectivity index (χ0v) is 14.4. The van der Waals surface area contributed by atoms with Gasteiger partial charge in [-0.2, -0.15) is 11.8 Å². The van der Waals surface area contributed by atoms with Gasteiger partial charge in [-0.15, -0.1) is 11.8 Å². The second-order valence-electron chi connectivity index (χ2n) is 5.54. The number of hydrogen-bond acceptors (Lipinski definition) is 3. The number of thioether (sulfide) groups is 2. The molecule has 0 unspecified atom stereocenters.